The number of rotatable bonds is 5. The van der Waals surface area contributed by atoms with Gasteiger partial charge in [0.05, 0.1) is 13.7 Å². The Labute approximate surface area is 76.8 Å². The molecule has 0 atom stereocenters. The molecular formula is C9H12O4. The zero-order valence-corrected chi connectivity index (χ0v) is 7.54. The smallest absolute Gasteiger partial charge is 0.333 e. The first-order chi connectivity index (χ1) is 6.11. The van der Waals surface area contributed by atoms with Crippen LogP contribution in [0.15, 0.2) is 24.8 Å². The minimum atomic E-state index is -0.516. The molecule has 0 rings (SSSR count). The van der Waals surface area contributed by atoms with Gasteiger partial charge < -0.3 is 9.47 Å². The van der Waals surface area contributed by atoms with E-state index in [4.69, 9.17) is 0 Å². The lowest BCUT2D eigenvalue weighted by molar-refractivity contribution is -0.139. The first-order valence-corrected chi connectivity index (χ1v) is 3.67. The van der Waals surface area contributed by atoms with Crippen LogP contribution in [0.2, 0.25) is 0 Å². The van der Waals surface area contributed by atoms with Gasteiger partial charge in [-0.2, -0.15) is 0 Å². The second-order valence-electron chi connectivity index (χ2n) is 2.22. The van der Waals surface area contributed by atoms with Gasteiger partial charge >= 0.3 is 11.9 Å². The Morgan fingerprint density at radius 2 is 2.08 bits per heavy atom. The first-order valence-electron chi connectivity index (χ1n) is 3.67. The van der Waals surface area contributed by atoms with E-state index in [1.54, 1.807) is 0 Å². The van der Waals surface area contributed by atoms with Crippen LogP contribution in [0, 0.1) is 0 Å². The van der Waals surface area contributed by atoms with Gasteiger partial charge in [0.2, 0.25) is 0 Å². The van der Waals surface area contributed by atoms with Crippen molar-refractivity contribution >= 4 is 11.9 Å². The van der Waals surface area contributed by atoms with Crippen LogP contribution in [0.4, 0.5) is 0 Å². The van der Waals surface area contributed by atoms with Crippen molar-refractivity contribution in [1.82, 2.24) is 0 Å². The third kappa shape index (κ3) is 4.79. The largest absolute Gasteiger partial charge is 0.466 e. The number of esters is 2. The fraction of sp³-hybridized carbons (Fsp3) is 0.333. The van der Waals surface area contributed by atoms with Crippen LogP contribution in [0.5, 0.6) is 0 Å². The summed E-state index contributed by atoms with van der Waals surface area (Å²) in [6, 6.07) is 0. The molecule has 0 aliphatic carbocycles. The Kier molecular flexibility index (Phi) is 5.27. The highest BCUT2D eigenvalue weighted by Crippen LogP contribution is 2.00. The molecule has 0 amide bonds. The van der Waals surface area contributed by atoms with E-state index in [0.29, 0.717) is 0 Å². The molecule has 4 nitrogen and oxygen atoms in total. The maximum absolute atomic E-state index is 10.8. The molecule has 0 saturated heterocycles. The van der Waals surface area contributed by atoms with Crippen LogP contribution in [0.1, 0.15) is 6.42 Å². The molecule has 0 bridgehead atoms. The summed E-state index contributed by atoms with van der Waals surface area (Å²) in [6.45, 7) is 6.79. The van der Waals surface area contributed by atoms with Gasteiger partial charge in [-0.1, -0.05) is 13.2 Å². The lowest BCUT2D eigenvalue weighted by Gasteiger charge is -2.03. The van der Waals surface area contributed by atoms with Crippen molar-refractivity contribution in [3.63, 3.8) is 0 Å². The summed E-state index contributed by atoms with van der Waals surface area (Å²) in [5.41, 5.74) is 0.277. The van der Waals surface area contributed by atoms with Crippen molar-refractivity contribution in [2.45, 2.75) is 6.42 Å². The predicted molar refractivity (Wildman–Crippen MR) is 46.9 cm³/mol. The molecule has 0 fully saturated rings. The molecule has 0 saturated carbocycles. The summed E-state index contributed by atoms with van der Waals surface area (Å²) in [5.74, 6) is -1.01. The maximum Gasteiger partial charge on any atom is 0.333 e. The van der Waals surface area contributed by atoms with E-state index in [0.717, 1.165) is 6.08 Å². The zero-order chi connectivity index (χ0) is 10.3. The van der Waals surface area contributed by atoms with E-state index in [1.165, 1.54) is 7.11 Å². The number of ether oxygens (including phenoxy) is 2. The van der Waals surface area contributed by atoms with E-state index in [1.807, 2.05) is 0 Å². The molecule has 0 N–H and O–H groups in total. The van der Waals surface area contributed by atoms with E-state index in [2.05, 4.69) is 22.6 Å². The van der Waals surface area contributed by atoms with Gasteiger partial charge in [-0.3, -0.25) is 0 Å². The Balaban J connectivity index is 3.65. The Morgan fingerprint density at radius 1 is 1.46 bits per heavy atom. The van der Waals surface area contributed by atoms with Gasteiger partial charge in [0.1, 0.15) is 0 Å². The fourth-order valence-electron chi connectivity index (χ4n) is 0.580. The Bertz CT molecular complexity index is 230. The zero-order valence-electron chi connectivity index (χ0n) is 7.54. The van der Waals surface area contributed by atoms with E-state index >= 15 is 0 Å². The van der Waals surface area contributed by atoms with Gasteiger partial charge in [0.15, 0.2) is 0 Å². The molecule has 72 valence electrons. The molecule has 0 aromatic rings. The monoisotopic (exact) mass is 184 g/mol. The molecule has 0 heterocycles. The van der Waals surface area contributed by atoms with Crippen LogP contribution < -0.4 is 0 Å². The van der Waals surface area contributed by atoms with Crippen molar-refractivity contribution in [2.75, 3.05) is 13.7 Å². The molecule has 0 unspecified atom stereocenters. The minimum absolute atomic E-state index is 0.110. The highest BCUT2D eigenvalue weighted by atomic mass is 16.5. The summed E-state index contributed by atoms with van der Waals surface area (Å²) in [4.78, 5) is 21.3. The van der Waals surface area contributed by atoms with Gasteiger partial charge in [-0.05, 0) is 0 Å². The highest BCUT2D eigenvalue weighted by Gasteiger charge is 2.06. The molecule has 0 aromatic carbocycles. The highest BCUT2D eigenvalue weighted by molar-refractivity contribution is 5.87. The van der Waals surface area contributed by atoms with Crippen molar-refractivity contribution in [1.29, 1.82) is 0 Å². The van der Waals surface area contributed by atoms with E-state index in [9.17, 15) is 9.59 Å². The predicted octanol–water partition coefficient (Wildman–Crippen LogP) is 0.835. The van der Waals surface area contributed by atoms with Gasteiger partial charge in [-0.15, -0.1) is 0 Å². The van der Waals surface area contributed by atoms with Crippen molar-refractivity contribution in [3.05, 3.63) is 24.8 Å². The normalized spacial score (nSPS) is 8.69. The summed E-state index contributed by atoms with van der Waals surface area (Å²) >= 11 is 0. The average molecular weight is 184 g/mol. The van der Waals surface area contributed by atoms with Crippen LogP contribution in [0.25, 0.3) is 0 Å². The number of carbonyl (C=O) groups is 2. The average Bonchev–Trinajstić information content (AvgIpc) is 2.15. The molecule has 0 radical (unpaired) electrons. The first kappa shape index (κ1) is 11.4. The summed E-state index contributed by atoms with van der Waals surface area (Å²) in [6.07, 6.45) is 1.33. The number of carbonyl (C=O) groups excluding carboxylic acids is 2. The fourth-order valence-corrected chi connectivity index (χ4v) is 0.580. The minimum Gasteiger partial charge on any atom is -0.466 e. The van der Waals surface area contributed by atoms with Crippen LogP contribution >= 0.6 is 0 Å². The van der Waals surface area contributed by atoms with Crippen LogP contribution in [-0.2, 0) is 19.1 Å². The van der Waals surface area contributed by atoms with Crippen molar-refractivity contribution in [2.24, 2.45) is 0 Å². The van der Waals surface area contributed by atoms with Crippen LogP contribution in [-0.4, -0.2) is 25.7 Å². The SMILES string of the molecule is C=CC(=O)OCCC(=C)C(=O)OC. The number of hydrogen-bond acceptors (Lipinski definition) is 4. The van der Waals surface area contributed by atoms with E-state index < -0.39 is 11.9 Å². The van der Waals surface area contributed by atoms with E-state index in [-0.39, 0.29) is 18.6 Å². The second-order valence-corrected chi connectivity index (χ2v) is 2.22. The number of hydrogen-bond donors (Lipinski definition) is 0. The van der Waals surface area contributed by atoms with Gasteiger partial charge in [0.25, 0.3) is 0 Å². The summed E-state index contributed by atoms with van der Waals surface area (Å²) < 4.78 is 9.03. The molecule has 13 heavy (non-hydrogen) atoms. The topological polar surface area (TPSA) is 52.6 Å². The van der Waals surface area contributed by atoms with Gasteiger partial charge in [0, 0.05) is 18.1 Å². The lowest BCUT2D eigenvalue weighted by Crippen LogP contribution is -2.08. The molecular weight excluding hydrogens is 172 g/mol. The Morgan fingerprint density at radius 3 is 2.54 bits per heavy atom. The molecule has 0 spiro atoms. The maximum atomic E-state index is 10.8. The summed E-state index contributed by atoms with van der Waals surface area (Å²) in [7, 11) is 1.27. The van der Waals surface area contributed by atoms with Crippen molar-refractivity contribution < 1.29 is 19.1 Å². The quantitative estimate of drug-likeness (QED) is 0.469. The number of methoxy groups -OCH3 is 1. The molecule has 4 heteroatoms. The standard InChI is InChI=1S/C9H12O4/c1-4-8(10)13-6-5-7(2)9(11)12-3/h4H,1-2,5-6H2,3H3. The third-order valence-corrected chi connectivity index (χ3v) is 1.29. The second kappa shape index (κ2) is 5.99. The van der Waals surface area contributed by atoms with Crippen LogP contribution in [0.3, 0.4) is 0 Å². The third-order valence-electron chi connectivity index (χ3n) is 1.29. The molecule has 0 aromatic heterocycles. The summed E-state index contributed by atoms with van der Waals surface area (Å²) in [5, 5.41) is 0. The lowest BCUT2D eigenvalue weighted by atomic mass is 10.2. The molecule has 0 aliphatic rings. The Hall–Kier alpha value is -1.58. The van der Waals surface area contributed by atoms with Crippen molar-refractivity contribution in [3.8, 4) is 0 Å². The molecule has 0 aliphatic heterocycles. The van der Waals surface area contributed by atoms with Gasteiger partial charge in [-0.25, -0.2) is 9.59 Å².